The molecule has 5 nitrogen and oxygen atoms in total. The molecule has 2 rings (SSSR count). The highest BCUT2D eigenvalue weighted by Gasteiger charge is 2.06. The lowest BCUT2D eigenvalue weighted by atomic mass is 10.1. The van der Waals surface area contributed by atoms with Crippen molar-refractivity contribution in [3.05, 3.63) is 41.2 Å². The fraction of sp³-hybridized carbons (Fsp3) is 0.333. The van der Waals surface area contributed by atoms with Crippen molar-refractivity contribution in [2.45, 2.75) is 26.5 Å². The number of nitrogens with two attached hydrogens (primary N) is 1. The summed E-state index contributed by atoms with van der Waals surface area (Å²) in [5, 5.41) is 7.44. The third kappa shape index (κ3) is 2.82. The number of hydrogen-bond donors (Lipinski definition) is 1. The lowest BCUT2D eigenvalue weighted by molar-refractivity contribution is 0.270. The van der Waals surface area contributed by atoms with Crippen LogP contribution in [0.3, 0.4) is 0 Å². The molecule has 1 aromatic carbocycles. The molecule has 2 N–H and O–H groups in total. The van der Waals surface area contributed by atoms with Crippen LogP contribution in [-0.2, 0) is 6.61 Å². The summed E-state index contributed by atoms with van der Waals surface area (Å²) in [6, 6.07) is 7.69. The molecule has 1 heterocycles. The molecule has 0 saturated heterocycles. The van der Waals surface area contributed by atoms with Gasteiger partial charge in [-0.3, -0.25) is 0 Å². The molecule has 0 aliphatic carbocycles. The van der Waals surface area contributed by atoms with Crippen molar-refractivity contribution in [3.63, 3.8) is 0 Å². The van der Waals surface area contributed by atoms with E-state index in [1.807, 2.05) is 38.1 Å². The molecular weight excluding hydrogens is 218 g/mol. The molecule has 1 aromatic heterocycles. The van der Waals surface area contributed by atoms with Crippen LogP contribution in [-0.4, -0.2) is 10.3 Å². The number of ether oxygens (including phenoxy) is 1. The van der Waals surface area contributed by atoms with Gasteiger partial charge in [0.15, 0.2) is 0 Å². The molecule has 1 atom stereocenters. The largest absolute Gasteiger partial charge is 0.487 e. The monoisotopic (exact) mass is 233 g/mol. The normalized spacial score (nSPS) is 12.4. The van der Waals surface area contributed by atoms with Gasteiger partial charge in [-0.1, -0.05) is 22.4 Å². The van der Waals surface area contributed by atoms with E-state index >= 15 is 0 Å². The molecule has 0 saturated carbocycles. The third-order valence-electron chi connectivity index (χ3n) is 2.51. The third-order valence-corrected chi connectivity index (χ3v) is 2.51. The van der Waals surface area contributed by atoms with Gasteiger partial charge in [0, 0.05) is 6.04 Å². The second-order valence-corrected chi connectivity index (χ2v) is 3.95. The minimum absolute atomic E-state index is 0.00555. The molecule has 0 fully saturated rings. The van der Waals surface area contributed by atoms with Crippen molar-refractivity contribution in [1.82, 2.24) is 10.3 Å². The van der Waals surface area contributed by atoms with Crippen molar-refractivity contribution < 1.29 is 9.37 Å². The first-order chi connectivity index (χ1) is 8.16. The maximum atomic E-state index is 5.80. The topological polar surface area (TPSA) is 74.2 Å². The first-order valence-electron chi connectivity index (χ1n) is 5.43. The Morgan fingerprint density at radius 2 is 2.24 bits per heavy atom. The average Bonchev–Trinajstić information content (AvgIpc) is 2.72. The van der Waals surface area contributed by atoms with Crippen LogP contribution in [0.15, 0.2) is 28.9 Å². The van der Waals surface area contributed by atoms with Crippen LogP contribution in [0.4, 0.5) is 0 Å². The first-order valence-corrected chi connectivity index (χ1v) is 5.43. The smallest absolute Gasteiger partial charge is 0.145 e. The van der Waals surface area contributed by atoms with E-state index in [9.17, 15) is 0 Å². The van der Waals surface area contributed by atoms with Crippen molar-refractivity contribution >= 4 is 0 Å². The van der Waals surface area contributed by atoms with Crippen molar-refractivity contribution in [2.24, 2.45) is 5.73 Å². The van der Waals surface area contributed by atoms with Crippen LogP contribution in [0.25, 0.3) is 0 Å². The molecule has 17 heavy (non-hydrogen) atoms. The van der Waals surface area contributed by atoms with Crippen LogP contribution < -0.4 is 10.5 Å². The van der Waals surface area contributed by atoms with E-state index in [-0.39, 0.29) is 6.04 Å². The van der Waals surface area contributed by atoms with Crippen molar-refractivity contribution in [2.75, 3.05) is 0 Å². The maximum Gasteiger partial charge on any atom is 0.145 e. The van der Waals surface area contributed by atoms with Crippen LogP contribution in [0.5, 0.6) is 5.75 Å². The van der Waals surface area contributed by atoms with Gasteiger partial charge in [0.05, 0.1) is 0 Å². The molecular formula is C12H15N3O2. The summed E-state index contributed by atoms with van der Waals surface area (Å²) in [6.45, 7) is 4.11. The van der Waals surface area contributed by atoms with Gasteiger partial charge >= 0.3 is 0 Å². The summed E-state index contributed by atoms with van der Waals surface area (Å²) < 4.78 is 10.2. The summed E-state index contributed by atoms with van der Waals surface area (Å²) in [5.74, 6) is 0.766. The zero-order valence-corrected chi connectivity index (χ0v) is 9.88. The van der Waals surface area contributed by atoms with E-state index in [1.165, 1.54) is 0 Å². The highest BCUT2D eigenvalue weighted by atomic mass is 16.6. The van der Waals surface area contributed by atoms with Gasteiger partial charge in [0.25, 0.3) is 0 Å². The van der Waals surface area contributed by atoms with Crippen molar-refractivity contribution in [3.8, 4) is 5.75 Å². The van der Waals surface area contributed by atoms with Crippen LogP contribution in [0.2, 0.25) is 0 Å². The molecule has 0 bridgehead atoms. The van der Waals surface area contributed by atoms with E-state index in [4.69, 9.17) is 10.5 Å². The van der Waals surface area contributed by atoms with Crippen LogP contribution in [0, 0.1) is 6.92 Å². The Hall–Kier alpha value is -1.88. The van der Waals surface area contributed by atoms with E-state index in [0.29, 0.717) is 12.3 Å². The van der Waals surface area contributed by atoms with Crippen LogP contribution in [0.1, 0.15) is 29.9 Å². The highest BCUT2D eigenvalue weighted by Crippen LogP contribution is 2.18. The summed E-state index contributed by atoms with van der Waals surface area (Å²) in [6.07, 6.45) is 0. The molecule has 90 valence electrons. The summed E-state index contributed by atoms with van der Waals surface area (Å²) in [5.41, 5.74) is 8.29. The van der Waals surface area contributed by atoms with E-state index < -0.39 is 0 Å². The number of aryl methyl sites for hydroxylation is 1. The number of hydrogen-bond acceptors (Lipinski definition) is 5. The molecule has 0 amide bonds. The maximum absolute atomic E-state index is 5.80. The molecule has 5 heteroatoms. The van der Waals surface area contributed by atoms with Crippen molar-refractivity contribution in [1.29, 1.82) is 0 Å². The number of rotatable bonds is 4. The Kier molecular flexibility index (Phi) is 3.39. The molecule has 0 aliphatic heterocycles. The highest BCUT2D eigenvalue weighted by molar-refractivity contribution is 5.30. The first kappa shape index (κ1) is 11.6. The number of benzene rings is 1. The Bertz CT molecular complexity index is 494. The van der Waals surface area contributed by atoms with Gasteiger partial charge in [0.1, 0.15) is 23.7 Å². The van der Waals surface area contributed by atoms with E-state index in [0.717, 1.165) is 17.0 Å². The van der Waals surface area contributed by atoms with Gasteiger partial charge in [-0.25, -0.2) is 4.63 Å². The lowest BCUT2D eigenvalue weighted by Gasteiger charge is -2.08. The fourth-order valence-electron chi connectivity index (χ4n) is 1.42. The fourth-order valence-corrected chi connectivity index (χ4v) is 1.42. The van der Waals surface area contributed by atoms with Gasteiger partial charge in [-0.05, 0) is 31.5 Å². The van der Waals surface area contributed by atoms with Gasteiger partial charge in [-0.2, -0.15) is 0 Å². The van der Waals surface area contributed by atoms with Gasteiger partial charge in [-0.15, -0.1) is 0 Å². The molecule has 0 aliphatic rings. The Morgan fingerprint density at radius 3 is 2.88 bits per heavy atom. The summed E-state index contributed by atoms with van der Waals surface area (Å²) >= 11 is 0. The van der Waals surface area contributed by atoms with E-state index in [2.05, 4.69) is 14.9 Å². The zero-order valence-electron chi connectivity index (χ0n) is 9.88. The quantitative estimate of drug-likeness (QED) is 0.873. The van der Waals surface area contributed by atoms with Gasteiger partial charge in [0.2, 0.25) is 0 Å². The second kappa shape index (κ2) is 4.97. The number of nitrogens with zero attached hydrogens (tertiary/aromatic N) is 2. The predicted molar refractivity (Wildman–Crippen MR) is 62.4 cm³/mol. The minimum atomic E-state index is -0.00555. The average molecular weight is 233 g/mol. The Morgan fingerprint density at radius 1 is 1.41 bits per heavy atom. The molecule has 0 unspecified atom stereocenters. The zero-order chi connectivity index (χ0) is 12.3. The van der Waals surface area contributed by atoms with Gasteiger partial charge < -0.3 is 10.5 Å². The molecule has 2 aromatic rings. The SMILES string of the molecule is Cc1nonc1COc1cccc([C@@H](C)N)c1. The predicted octanol–water partition coefficient (Wildman–Crippen LogP) is 1.98. The lowest BCUT2D eigenvalue weighted by Crippen LogP contribution is -2.05. The summed E-state index contributed by atoms with van der Waals surface area (Å²) in [7, 11) is 0. The Balaban J connectivity index is 2.04. The Labute approximate surface area is 99.5 Å². The van der Waals surface area contributed by atoms with Crippen LogP contribution >= 0.6 is 0 Å². The standard InChI is InChI=1S/C12H15N3O2/c1-8(13)10-4-3-5-11(6-10)16-7-12-9(2)14-17-15-12/h3-6,8H,7,13H2,1-2H3/t8-/m1/s1. The van der Waals surface area contributed by atoms with E-state index in [1.54, 1.807) is 0 Å². The molecule has 0 radical (unpaired) electrons. The summed E-state index contributed by atoms with van der Waals surface area (Å²) in [4.78, 5) is 0. The minimum Gasteiger partial charge on any atom is -0.487 e. The second-order valence-electron chi connectivity index (χ2n) is 3.95. The molecule has 0 spiro atoms. The number of aromatic nitrogens is 2.